The number of thiazole rings is 1. The lowest BCUT2D eigenvalue weighted by Crippen LogP contribution is -2.23. The van der Waals surface area contributed by atoms with Gasteiger partial charge in [0.1, 0.15) is 5.75 Å². The third-order valence-electron chi connectivity index (χ3n) is 3.85. The van der Waals surface area contributed by atoms with Gasteiger partial charge in [-0.25, -0.2) is 4.98 Å². The molecule has 0 unspecified atom stereocenters. The van der Waals surface area contributed by atoms with Gasteiger partial charge in [0, 0.05) is 18.1 Å². The highest BCUT2D eigenvalue weighted by Gasteiger charge is 2.21. The monoisotopic (exact) mass is 444 g/mol. The SMILES string of the molecule is COc1ccccc1N(C(C)=O)c1nc(CSc2nnc(-c3cccs3)o2)cs1. The summed E-state index contributed by atoms with van der Waals surface area (Å²) in [7, 11) is 1.58. The number of hydrogen-bond donors (Lipinski definition) is 0. The van der Waals surface area contributed by atoms with Gasteiger partial charge in [0.25, 0.3) is 11.1 Å². The summed E-state index contributed by atoms with van der Waals surface area (Å²) in [4.78, 5) is 19.4. The lowest BCUT2D eigenvalue weighted by atomic mass is 10.2. The van der Waals surface area contributed by atoms with Crippen LogP contribution < -0.4 is 9.64 Å². The largest absolute Gasteiger partial charge is 0.495 e. The minimum Gasteiger partial charge on any atom is -0.495 e. The Labute approximate surface area is 179 Å². The van der Waals surface area contributed by atoms with Crippen molar-refractivity contribution in [2.24, 2.45) is 0 Å². The van der Waals surface area contributed by atoms with Crippen LogP contribution in [0.1, 0.15) is 12.6 Å². The highest BCUT2D eigenvalue weighted by molar-refractivity contribution is 7.98. The summed E-state index contributed by atoms with van der Waals surface area (Å²) < 4.78 is 11.1. The predicted octanol–water partition coefficient (Wildman–Crippen LogP) is 5.24. The standard InChI is InChI=1S/C19H16N4O3S3/c1-12(24)23(14-6-3-4-7-15(14)25-2)18-20-13(10-28-18)11-29-19-22-21-17(26-19)16-8-5-9-27-16/h3-10H,11H2,1-2H3. The second kappa shape index (κ2) is 8.76. The fourth-order valence-electron chi connectivity index (χ4n) is 2.59. The van der Waals surface area contributed by atoms with E-state index < -0.39 is 0 Å². The van der Waals surface area contributed by atoms with Crippen LogP contribution in [0.3, 0.4) is 0 Å². The minimum absolute atomic E-state index is 0.138. The highest BCUT2D eigenvalue weighted by Crippen LogP contribution is 2.36. The third kappa shape index (κ3) is 4.34. The predicted molar refractivity (Wildman–Crippen MR) is 115 cm³/mol. The van der Waals surface area contributed by atoms with Crippen molar-refractivity contribution in [1.82, 2.24) is 15.2 Å². The summed E-state index contributed by atoms with van der Waals surface area (Å²) in [6, 6.07) is 11.2. The van der Waals surface area contributed by atoms with Crippen LogP contribution in [0.25, 0.3) is 10.8 Å². The molecular formula is C19H16N4O3S3. The van der Waals surface area contributed by atoms with E-state index in [2.05, 4.69) is 15.2 Å². The van der Waals surface area contributed by atoms with Crippen molar-refractivity contribution in [3.8, 4) is 16.5 Å². The minimum atomic E-state index is -0.138. The Hall–Kier alpha value is -2.69. The summed E-state index contributed by atoms with van der Waals surface area (Å²) in [5.41, 5.74) is 1.49. The van der Waals surface area contributed by atoms with Gasteiger partial charge in [-0.15, -0.1) is 32.9 Å². The molecule has 3 aromatic heterocycles. The molecule has 0 aliphatic rings. The first-order valence-corrected chi connectivity index (χ1v) is 11.3. The molecule has 1 amide bonds. The molecule has 4 rings (SSSR count). The Morgan fingerprint density at radius 2 is 2.07 bits per heavy atom. The summed E-state index contributed by atoms with van der Waals surface area (Å²) >= 11 is 4.36. The van der Waals surface area contributed by atoms with Crippen molar-refractivity contribution in [1.29, 1.82) is 0 Å². The number of amides is 1. The fourth-order valence-corrected chi connectivity index (χ4v) is 4.88. The van der Waals surface area contributed by atoms with Gasteiger partial charge in [-0.1, -0.05) is 30.0 Å². The summed E-state index contributed by atoms with van der Waals surface area (Å²) in [6.45, 7) is 1.51. The van der Waals surface area contributed by atoms with E-state index in [1.807, 2.05) is 47.2 Å². The third-order valence-corrected chi connectivity index (χ3v) is 6.44. The van der Waals surface area contributed by atoms with Crippen molar-refractivity contribution in [2.45, 2.75) is 17.9 Å². The number of thiophene rings is 1. The molecule has 0 aliphatic heterocycles. The van der Waals surface area contributed by atoms with Crippen LogP contribution in [0.5, 0.6) is 5.75 Å². The highest BCUT2D eigenvalue weighted by atomic mass is 32.2. The number of ether oxygens (including phenoxy) is 1. The molecule has 0 saturated carbocycles. The van der Waals surface area contributed by atoms with Crippen LogP contribution >= 0.6 is 34.4 Å². The molecule has 148 valence electrons. The van der Waals surface area contributed by atoms with E-state index in [1.165, 1.54) is 30.0 Å². The molecule has 0 aliphatic carbocycles. The Kier molecular flexibility index (Phi) is 5.93. The maximum atomic E-state index is 12.3. The molecule has 10 heteroatoms. The van der Waals surface area contributed by atoms with Crippen molar-refractivity contribution >= 4 is 51.2 Å². The maximum Gasteiger partial charge on any atom is 0.277 e. The first-order chi connectivity index (χ1) is 14.2. The summed E-state index contributed by atoms with van der Waals surface area (Å²) in [6.07, 6.45) is 0. The number of nitrogens with zero attached hydrogens (tertiary/aromatic N) is 4. The van der Waals surface area contributed by atoms with Crippen LogP contribution in [0, 0.1) is 0 Å². The molecule has 0 N–H and O–H groups in total. The van der Waals surface area contributed by atoms with Crippen LogP contribution in [-0.2, 0) is 10.5 Å². The van der Waals surface area contributed by atoms with Gasteiger partial charge in [-0.05, 0) is 23.6 Å². The molecular weight excluding hydrogens is 428 g/mol. The lowest BCUT2D eigenvalue weighted by molar-refractivity contribution is -0.115. The topological polar surface area (TPSA) is 81.4 Å². The zero-order chi connectivity index (χ0) is 20.2. The van der Waals surface area contributed by atoms with Gasteiger partial charge in [0.05, 0.1) is 23.4 Å². The molecule has 0 radical (unpaired) electrons. The number of carbonyl (C=O) groups is 1. The molecule has 3 heterocycles. The Morgan fingerprint density at radius 1 is 1.21 bits per heavy atom. The number of aromatic nitrogens is 3. The van der Waals surface area contributed by atoms with Gasteiger partial charge in [-0.3, -0.25) is 9.69 Å². The molecule has 0 saturated heterocycles. The number of benzene rings is 1. The van der Waals surface area contributed by atoms with Crippen molar-refractivity contribution in [3.63, 3.8) is 0 Å². The molecule has 0 fully saturated rings. The Morgan fingerprint density at radius 3 is 2.83 bits per heavy atom. The molecule has 0 bridgehead atoms. The van der Waals surface area contributed by atoms with Gasteiger partial charge in [-0.2, -0.15) is 0 Å². The smallest absolute Gasteiger partial charge is 0.277 e. The Balaban J connectivity index is 1.49. The van der Waals surface area contributed by atoms with Crippen molar-refractivity contribution in [3.05, 3.63) is 52.9 Å². The molecule has 29 heavy (non-hydrogen) atoms. The number of methoxy groups -OCH3 is 1. The first kappa shape index (κ1) is 19.6. The van der Waals surface area contributed by atoms with Crippen LogP contribution in [0.15, 0.2) is 56.8 Å². The van der Waals surface area contributed by atoms with Crippen molar-refractivity contribution < 1.29 is 13.9 Å². The quantitative estimate of drug-likeness (QED) is 0.361. The lowest BCUT2D eigenvalue weighted by Gasteiger charge is -2.20. The molecule has 0 atom stereocenters. The van der Waals surface area contributed by atoms with E-state index in [4.69, 9.17) is 9.15 Å². The molecule has 0 spiro atoms. The molecule has 7 nitrogen and oxygen atoms in total. The van der Waals surface area contributed by atoms with E-state index in [0.29, 0.717) is 33.4 Å². The van der Waals surface area contributed by atoms with Gasteiger partial charge in [0.15, 0.2) is 5.13 Å². The number of hydrogen-bond acceptors (Lipinski definition) is 9. The maximum absolute atomic E-state index is 12.3. The van der Waals surface area contributed by atoms with E-state index in [0.717, 1.165) is 10.6 Å². The van der Waals surface area contributed by atoms with Crippen LogP contribution in [0.2, 0.25) is 0 Å². The normalized spacial score (nSPS) is 10.8. The summed E-state index contributed by atoms with van der Waals surface area (Å²) in [5, 5.41) is 13.1. The van der Waals surface area contributed by atoms with E-state index in [9.17, 15) is 4.79 Å². The second-order valence-electron chi connectivity index (χ2n) is 5.79. The van der Waals surface area contributed by atoms with E-state index >= 15 is 0 Å². The number of rotatable bonds is 7. The number of thioether (sulfide) groups is 1. The number of para-hydroxylation sites is 2. The van der Waals surface area contributed by atoms with Gasteiger partial charge < -0.3 is 9.15 Å². The average molecular weight is 445 g/mol. The van der Waals surface area contributed by atoms with E-state index in [-0.39, 0.29) is 5.91 Å². The second-order valence-corrected chi connectivity index (χ2v) is 8.50. The number of carbonyl (C=O) groups excluding carboxylic acids is 1. The zero-order valence-electron chi connectivity index (χ0n) is 15.6. The average Bonchev–Trinajstić information content (AvgIpc) is 3.48. The number of anilines is 2. The first-order valence-electron chi connectivity index (χ1n) is 8.54. The van der Waals surface area contributed by atoms with Crippen molar-refractivity contribution in [2.75, 3.05) is 12.0 Å². The summed E-state index contributed by atoms with van der Waals surface area (Å²) in [5.74, 6) is 1.54. The van der Waals surface area contributed by atoms with E-state index in [1.54, 1.807) is 23.3 Å². The van der Waals surface area contributed by atoms with Gasteiger partial charge in [0.2, 0.25) is 5.91 Å². The Bertz CT molecular complexity index is 1110. The zero-order valence-corrected chi connectivity index (χ0v) is 18.0. The fraction of sp³-hybridized carbons (Fsp3) is 0.158. The van der Waals surface area contributed by atoms with Crippen LogP contribution in [0.4, 0.5) is 10.8 Å². The molecule has 4 aromatic rings. The van der Waals surface area contributed by atoms with Gasteiger partial charge >= 0.3 is 0 Å². The van der Waals surface area contributed by atoms with Crippen LogP contribution in [-0.4, -0.2) is 28.2 Å². The molecule has 1 aromatic carbocycles.